The van der Waals surface area contributed by atoms with Crippen LogP contribution in [0.25, 0.3) is 22.0 Å². The first-order chi connectivity index (χ1) is 16.9. The molecule has 2 amide bonds. The second-order valence-corrected chi connectivity index (χ2v) is 7.73. The van der Waals surface area contributed by atoms with E-state index in [1.165, 1.54) is 25.3 Å². The molecule has 0 radical (unpaired) electrons. The molecule has 36 heavy (non-hydrogen) atoms. The van der Waals surface area contributed by atoms with Gasteiger partial charge in [0.2, 0.25) is 5.91 Å². The second kappa shape index (κ2) is 8.73. The molecule has 4 aromatic rings. The van der Waals surface area contributed by atoms with Crippen molar-refractivity contribution < 1.29 is 27.2 Å². The van der Waals surface area contributed by atoms with E-state index in [0.29, 0.717) is 5.56 Å². The fourth-order valence-electron chi connectivity index (χ4n) is 3.87. The van der Waals surface area contributed by atoms with E-state index in [9.17, 15) is 27.2 Å². The van der Waals surface area contributed by atoms with Gasteiger partial charge in [-0.25, -0.2) is 14.4 Å². The van der Waals surface area contributed by atoms with Crippen LogP contribution in [0.4, 0.5) is 17.6 Å². The van der Waals surface area contributed by atoms with Crippen molar-refractivity contribution in [2.24, 2.45) is 11.5 Å². The van der Waals surface area contributed by atoms with E-state index in [2.05, 4.69) is 15.1 Å². The maximum Gasteiger partial charge on any atom is 0.435 e. The van der Waals surface area contributed by atoms with Crippen molar-refractivity contribution in [1.29, 1.82) is 5.26 Å². The van der Waals surface area contributed by atoms with E-state index >= 15 is 0 Å². The molecule has 0 saturated heterocycles. The number of nitriles is 1. The zero-order valence-corrected chi connectivity index (χ0v) is 18.4. The Labute approximate surface area is 200 Å². The highest BCUT2D eigenvalue weighted by atomic mass is 19.4. The van der Waals surface area contributed by atoms with Gasteiger partial charge in [0.15, 0.2) is 5.69 Å². The molecular weight excluding hydrogens is 482 g/mol. The summed E-state index contributed by atoms with van der Waals surface area (Å²) in [6, 6.07) is 7.72. The molecule has 0 aliphatic carbocycles. The van der Waals surface area contributed by atoms with Crippen LogP contribution < -0.4 is 11.5 Å². The van der Waals surface area contributed by atoms with Crippen LogP contribution in [-0.4, -0.2) is 31.6 Å². The Bertz CT molecular complexity index is 1590. The van der Waals surface area contributed by atoms with Crippen molar-refractivity contribution in [2.45, 2.75) is 19.6 Å². The molecule has 4 rings (SSSR count). The molecule has 0 unspecified atom stereocenters. The number of primary amides is 2. The quantitative estimate of drug-likeness (QED) is 0.404. The van der Waals surface area contributed by atoms with Crippen LogP contribution in [0.5, 0.6) is 0 Å². The maximum atomic E-state index is 14.2. The van der Waals surface area contributed by atoms with Crippen molar-refractivity contribution in [2.75, 3.05) is 0 Å². The minimum Gasteiger partial charge on any atom is -0.366 e. The summed E-state index contributed by atoms with van der Waals surface area (Å²) in [5.74, 6) is -3.19. The Hall–Kier alpha value is -4.86. The largest absolute Gasteiger partial charge is 0.435 e. The average Bonchev–Trinajstić information content (AvgIpc) is 3.14. The first-order valence-corrected chi connectivity index (χ1v) is 10.1. The van der Waals surface area contributed by atoms with Gasteiger partial charge in [-0.2, -0.15) is 23.5 Å². The van der Waals surface area contributed by atoms with Gasteiger partial charge in [0.25, 0.3) is 5.91 Å². The van der Waals surface area contributed by atoms with Gasteiger partial charge in [-0.3, -0.25) is 14.3 Å². The molecule has 0 bridgehead atoms. The Morgan fingerprint density at radius 3 is 2.39 bits per heavy atom. The molecule has 3 aromatic heterocycles. The van der Waals surface area contributed by atoms with E-state index in [4.69, 9.17) is 16.7 Å². The summed E-state index contributed by atoms with van der Waals surface area (Å²) < 4.78 is 57.3. The van der Waals surface area contributed by atoms with Gasteiger partial charge in [-0.1, -0.05) is 6.07 Å². The summed E-state index contributed by atoms with van der Waals surface area (Å²) in [5, 5.41) is 12.5. The molecular formula is C23H15F4N7O2. The third-order valence-corrected chi connectivity index (χ3v) is 5.42. The molecule has 1 aromatic carbocycles. The van der Waals surface area contributed by atoms with Gasteiger partial charge in [-0.05, 0) is 30.7 Å². The lowest BCUT2D eigenvalue weighted by Crippen LogP contribution is -2.21. The number of nitrogens with two attached hydrogens (primary N) is 2. The third-order valence-electron chi connectivity index (χ3n) is 5.42. The van der Waals surface area contributed by atoms with Gasteiger partial charge in [0.1, 0.15) is 23.3 Å². The Morgan fingerprint density at radius 1 is 1.11 bits per heavy atom. The minimum absolute atomic E-state index is 0.0690. The highest BCUT2D eigenvalue weighted by Crippen LogP contribution is 2.42. The van der Waals surface area contributed by atoms with Crippen LogP contribution >= 0.6 is 0 Å². The Kier molecular flexibility index (Phi) is 5.89. The molecule has 0 aliphatic heterocycles. The molecule has 3 heterocycles. The number of carbonyl (C=O) groups is 2. The van der Waals surface area contributed by atoms with Crippen molar-refractivity contribution in [3.63, 3.8) is 0 Å². The number of nitrogens with zero attached hydrogens (tertiary/aromatic N) is 5. The molecule has 0 atom stereocenters. The topological polar surface area (TPSA) is 154 Å². The minimum atomic E-state index is -5.02. The average molecular weight is 497 g/mol. The smallest absolute Gasteiger partial charge is 0.366 e. The summed E-state index contributed by atoms with van der Waals surface area (Å²) in [6.07, 6.45) is -3.71. The fraction of sp³-hybridized carbons (Fsp3) is 0.130. The predicted octanol–water partition coefficient (Wildman–Crippen LogP) is 3.08. The number of rotatable bonds is 5. The van der Waals surface area contributed by atoms with E-state index in [0.717, 1.165) is 22.9 Å². The number of fused-ring (bicyclic) bond motifs is 1. The molecule has 9 nitrogen and oxygen atoms in total. The summed E-state index contributed by atoms with van der Waals surface area (Å²) in [7, 11) is 0. The fourth-order valence-corrected chi connectivity index (χ4v) is 3.87. The highest BCUT2D eigenvalue weighted by Gasteiger charge is 2.41. The number of aromatic nitrogens is 4. The van der Waals surface area contributed by atoms with Crippen LogP contribution in [-0.2, 0) is 12.7 Å². The molecule has 0 aliphatic rings. The summed E-state index contributed by atoms with van der Waals surface area (Å²) in [6.45, 7) is 1.12. The number of hydrogen-bond acceptors (Lipinski definition) is 6. The van der Waals surface area contributed by atoms with Crippen molar-refractivity contribution in [3.05, 3.63) is 76.2 Å². The van der Waals surface area contributed by atoms with E-state index in [1.807, 2.05) is 6.07 Å². The Balaban J connectivity index is 2.07. The number of alkyl halides is 3. The lowest BCUT2D eigenvalue weighted by molar-refractivity contribution is -0.141. The standard InChI is InChI=1S/C23H15F4N7O2/c1-10-16(20(23(25,26)27)33-34(10)9-11-2-4-13(7-28)31-8-11)18-17(21(29)35)14-5-3-12(24)6-15(14)32-19(18)22(30)36/h2-6,8H,9H2,1H3,(H2,29,35)(H2,30,36). The van der Waals surface area contributed by atoms with Crippen LogP contribution in [0.3, 0.4) is 0 Å². The third kappa shape index (κ3) is 4.20. The highest BCUT2D eigenvalue weighted by molar-refractivity contribution is 6.15. The number of hydrogen-bond donors (Lipinski definition) is 2. The molecule has 13 heteroatoms. The first-order valence-electron chi connectivity index (χ1n) is 10.1. The molecule has 182 valence electrons. The van der Waals surface area contributed by atoms with Crippen molar-refractivity contribution >= 4 is 22.7 Å². The maximum absolute atomic E-state index is 14.2. The van der Waals surface area contributed by atoms with Gasteiger partial charge in [0, 0.05) is 34.5 Å². The SMILES string of the molecule is Cc1c(-c2c(C(N)=O)nc3cc(F)ccc3c2C(N)=O)c(C(F)(F)F)nn1Cc1ccc(C#N)nc1. The molecule has 0 saturated carbocycles. The number of benzene rings is 1. The summed E-state index contributed by atoms with van der Waals surface area (Å²) >= 11 is 0. The van der Waals surface area contributed by atoms with E-state index < -0.39 is 51.9 Å². The van der Waals surface area contributed by atoms with E-state index in [-0.39, 0.29) is 28.8 Å². The van der Waals surface area contributed by atoms with Crippen LogP contribution in [0.2, 0.25) is 0 Å². The van der Waals surface area contributed by atoms with Gasteiger partial charge < -0.3 is 11.5 Å². The molecule has 0 fully saturated rings. The van der Waals surface area contributed by atoms with E-state index in [1.54, 1.807) is 0 Å². The first kappa shape index (κ1) is 24.3. The van der Waals surface area contributed by atoms with Crippen molar-refractivity contribution in [3.8, 4) is 17.2 Å². The Morgan fingerprint density at radius 2 is 1.83 bits per heavy atom. The summed E-state index contributed by atoms with van der Waals surface area (Å²) in [5.41, 5.74) is 7.47. The number of carbonyl (C=O) groups excluding carboxylic acids is 2. The lowest BCUT2D eigenvalue weighted by atomic mass is 9.92. The second-order valence-electron chi connectivity index (χ2n) is 7.73. The van der Waals surface area contributed by atoms with Gasteiger partial charge >= 0.3 is 6.18 Å². The number of halogens is 4. The number of pyridine rings is 2. The van der Waals surface area contributed by atoms with Crippen LogP contribution in [0, 0.1) is 24.1 Å². The zero-order valence-electron chi connectivity index (χ0n) is 18.4. The van der Waals surface area contributed by atoms with Gasteiger partial charge in [-0.15, -0.1) is 0 Å². The summed E-state index contributed by atoms with van der Waals surface area (Å²) in [4.78, 5) is 32.7. The number of amides is 2. The predicted molar refractivity (Wildman–Crippen MR) is 118 cm³/mol. The van der Waals surface area contributed by atoms with Crippen LogP contribution in [0.1, 0.15) is 43.5 Å². The lowest BCUT2D eigenvalue weighted by Gasteiger charge is -2.16. The monoisotopic (exact) mass is 497 g/mol. The van der Waals surface area contributed by atoms with Gasteiger partial charge in [0.05, 0.1) is 17.6 Å². The molecule has 4 N–H and O–H groups in total. The molecule has 0 spiro atoms. The normalized spacial score (nSPS) is 11.4. The van der Waals surface area contributed by atoms with Crippen molar-refractivity contribution in [1.82, 2.24) is 19.7 Å². The zero-order chi connectivity index (χ0) is 26.4. The van der Waals surface area contributed by atoms with Crippen LogP contribution in [0.15, 0.2) is 36.5 Å².